The van der Waals surface area contributed by atoms with Crippen molar-refractivity contribution in [1.29, 1.82) is 0 Å². The molecule has 0 unspecified atom stereocenters. The molecule has 0 fully saturated rings. The maximum atomic E-state index is 13.3. The Balaban J connectivity index is 1.76. The Bertz CT molecular complexity index is 1280. The zero-order chi connectivity index (χ0) is 24.2. The highest BCUT2D eigenvalue weighted by molar-refractivity contribution is 7.92. The van der Waals surface area contributed by atoms with E-state index in [0.29, 0.717) is 12.1 Å². The molecule has 9 heteroatoms. The van der Waals surface area contributed by atoms with E-state index in [0.717, 1.165) is 38.8 Å². The molecule has 0 aliphatic heterocycles. The van der Waals surface area contributed by atoms with E-state index in [4.69, 9.17) is 0 Å². The molecule has 0 bridgehead atoms. The molecule has 0 saturated heterocycles. The second kappa shape index (κ2) is 9.99. The summed E-state index contributed by atoms with van der Waals surface area (Å²) in [7, 11) is -3.67. The van der Waals surface area contributed by atoms with E-state index in [-0.39, 0.29) is 12.4 Å². The van der Waals surface area contributed by atoms with Crippen molar-refractivity contribution in [2.75, 3.05) is 17.1 Å². The fourth-order valence-electron chi connectivity index (χ4n) is 3.68. The van der Waals surface area contributed by atoms with Gasteiger partial charge in [0.25, 0.3) is 5.91 Å². The summed E-state index contributed by atoms with van der Waals surface area (Å²) in [4.78, 5) is 12.5. The van der Waals surface area contributed by atoms with Gasteiger partial charge in [-0.1, -0.05) is 25.1 Å². The molecule has 0 spiro atoms. The molecule has 0 aliphatic rings. The Morgan fingerprint density at radius 2 is 1.82 bits per heavy atom. The number of rotatable bonds is 8. The first-order valence-electron chi connectivity index (χ1n) is 10.4. The molecule has 1 N–H and O–H groups in total. The van der Waals surface area contributed by atoms with E-state index in [1.54, 1.807) is 24.3 Å². The number of benzene rings is 2. The minimum Gasteiger partial charge on any atom is -0.318 e. The van der Waals surface area contributed by atoms with E-state index < -0.39 is 15.9 Å². The standard InChI is InChI=1S/C24H27FN4O3S/c1-5-19-8-6-7-9-23(19)28(33(4,31)32)16-24(30)27-26-15-20-14-17(2)29(18(20)3)22-12-10-21(25)11-13-22/h6-15H,5,16H2,1-4H3,(H,27,30)/b26-15-. The van der Waals surface area contributed by atoms with E-state index in [1.807, 2.05) is 43.5 Å². The third kappa shape index (κ3) is 5.67. The van der Waals surface area contributed by atoms with Crippen LogP contribution in [-0.2, 0) is 21.2 Å². The van der Waals surface area contributed by atoms with Gasteiger partial charge in [-0.05, 0) is 62.2 Å². The molecule has 0 radical (unpaired) electrons. The SMILES string of the molecule is CCc1ccccc1N(CC(=O)N/N=C\c1cc(C)n(-c2ccc(F)cc2)c1C)S(C)(=O)=O. The summed E-state index contributed by atoms with van der Waals surface area (Å²) in [5.74, 6) is -0.870. The molecular weight excluding hydrogens is 443 g/mol. The van der Waals surface area contributed by atoms with Crippen molar-refractivity contribution in [3.05, 3.63) is 82.9 Å². The van der Waals surface area contributed by atoms with Crippen LogP contribution in [0.3, 0.4) is 0 Å². The molecular formula is C24H27FN4O3S. The largest absolute Gasteiger partial charge is 0.318 e. The summed E-state index contributed by atoms with van der Waals surface area (Å²) in [6, 6.07) is 15.1. The minimum atomic E-state index is -3.67. The Morgan fingerprint density at radius 1 is 1.15 bits per heavy atom. The van der Waals surface area contributed by atoms with Gasteiger partial charge in [0, 0.05) is 22.6 Å². The number of sulfonamides is 1. The van der Waals surface area contributed by atoms with Crippen molar-refractivity contribution in [2.45, 2.75) is 27.2 Å². The average molecular weight is 471 g/mol. The summed E-state index contributed by atoms with van der Waals surface area (Å²) in [6.45, 7) is 5.35. The summed E-state index contributed by atoms with van der Waals surface area (Å²) in [6.07, 6.45) is 3.21. The number of anilines is 1. The first-order chi connectivity index (χ1) is 15.6. The Morgan fingerprint density at radius 3 is 2.45 bits per heavy atom. The van der Waals surface area contributed by atoms with Crippen LogP contribution in [0.2, 0.25) is 0 Å². The van der Waals surface area contributed by atoms with Crippen LogP contribution in [0, 0.1) is 19.7 Å². The molecule has 0 saturated carbocycles. The minimum absolute atomic E-state index is 0.310. The van der Waals surface area contributed by atoms with Crippen molar-refractivity contribution in [3.63, 3.8) is 0 Å². The summed E-state index contributed by atoms with van der Waals surface area (Å²) < 4.78 is 41.0. The fraction of sp³-hybridized carbons (Fsp3) is 0.250. The quantitative estimate of drug-likeness (QED) is 0.402. The van der Waals surface area contributed by atoms with Gasteiger partial charge in [0.15, 0.2) is 0 Å². The third-order valence-electron chi connectivity index (χ3n) is 5.28. The Kier molecular flexibility index (Phi) is 7.33. The lowest BCUT2D eigenvalue weighted by molar-refractivity contribution is -0.119. The van der Waals surface area contributed by atoms with E-state index in [1.165, 1.54) is 18.3 Å². The van der Waals surface area contributed by atoms with Crippen LogP contribution in [0.5, 0.6) is 0 Å². The lowest BCUT2D eigenvalue weighted by atomic mass is 10.1. The number of carbonyl (C=O) groups excluding carboxylic acids is 1. The molecule has 0 atom stereocenters. The number of hydrogen-bond acceptors (Lipinski definition) is 4. The topological polar surface area (TPSA) is 83.8 Å². The highest BCUT2D eigenvalue weighted by atomic mass is 32.2. The van der Waals surface area contributed by atoms with Gasteiger partial charge in [0.05, 0.1) is 18.2 Å². The van der Waals surface area contributed by atoms with Crippen molar-refractivity contribution in [2.24, 2.45) is 5.10 Å². The zero-order valence-electron chi connectivity index (χ0n) is 19.0. The van der Waals surface area contributed by atoms with Gasteiger partial charge < -0.3 is 4.57 Å². The third-order valence-corrected chi connectivity index (χ3v) is 6.40. The molecule has 1 heterocycles. The van der Waals surface area contributed by atoms with Gasteiger partial charge in [-0.2, -0.15) is 5.10 Å². The number of aromatic nitrogens is 1. The smallest absolute Gasteiger partial charge is 0.260 e. The number of hydrogen-bond donors (Lipinski definition) is 1. The first kappa shape index (κ1) is 24.2. The van der Waals surface area contributed by atoms with E-state index in [2.05, 4.69) is 10.5 Å². The number of nitrogens with zero attached hydrogens (tertiary/aromatic N) is 3. The number of amides is 1. The van der Waals surface area contributed by atoms with Gasteiger partial charge in [-0.15, -0.1) is 0 Å². The molecule has 0 aliphatic carbocycles. The summed E-state index contributed by atoms with van der Waals surface area (Å²) in [5, 5.41) is 4.02. The number of para-hydroxylation sites is 1. The first-order valence-corrected chi connectivity index (χ1v) is 12.3. The maximum Gasteiger partial charge on any atom is 0.260 e. The number of nitrogens with one attached hydrogen (secondary N) is 1. The van der Waals surface area contributed by atoms with Crippen LogP contribution in [0.15, 0.2) is 59.7 Å². The molecule has 33 heavy (non-hydrogen) atoms. The molecule has 3 rings (SSSR count). The molecule has 1 aromatic heterocycles. The number of halogens is 1. The number of carbonyl (C=O) groups is 1. The summed E-state index contributed by atoms with van der Waals surface area (Å²) >= 11 is 0. The summed E-state index contributed by atoms with van der Waals surface area (Å²) in [5.41, 5.74) is 7.09. The van der Waals surface area contributed by atoms with Crippen LogP contribution in [0.4, 0.5) is 10.1 Å². The van der Waals surface area contributed by atoms with Gasteiger partial charge in [-0.3, -0.25) is 9.10 Å². The van der Waals surface area contributed by atoms with E-state index >= 15 is 0 Å². The Labute approximate surface area is 193 Å². The maximum absolute atomic E-state index is 13.3. The highest BCUT2D eigenvalue weighted by Crippen LogP contribution is 2.23. The van der Waals surface area contributed by atoms with Crippen LogP contribution < -0.4 is 9.73 Å². The monoisotopic (exact) mass is 470 g/mol. The number of aryl methyl sites for hydroxylation is 2. The Hall–Kier alpha value is -3.46. The second-order valence-corrected chi connectivity index (χ2v) is 9.59. The van der Waals surface area contributed by atoms with Crippen LogP contribution in [-0.4, -0.2) is 37.9 Å². The second-order valence-electron chi connectivity index (χ2n) is 7.68. The van der Waals surface area contributed by atoms with Crippen LogP contribution >= 0.6 is 0 Å². The van der Waals surface area contributed by atoms with Crippen LogP contribution in [0.1, 0.15) is 29.4 Å². The van der Waals surface area contributed by atoms with Gasteiger partial charge in [0.2, 0.25) is 10.0 Å². The van der Waals surface area contributed by atoms with E-state index in [9.17, 15) is 17.6 Å². The molecule has 7 nitrogen and oxygen atoms in total. The predicted octanol–water partition coefficient (Wildman–Crippen LogP) is 3.71. The fourth-order valence-corrected chi connectivity index (χ4v) is 4.57. The molecule has 3 aromatic rings. The average Bonchev–Trinajstić information content (AvgIpc) is 3.05. The van der Waals surface area contributed by atoms with Crippen molar-refractivity contribution >= 4 is 27.8 Å². The normalized spacial score (nSPS) is 11.7. The number of hydrazone groups is 1. The van der Waals surface area contributed by atoms with Gasteiger partial charge in [-0.25, -0.2) is 18.2 Å². The highest BCUT2D eigenvalue weighted by Gasteiger charge is 2.22. The zero-order valence-corrected chi connectivity index (χ0v) is 19.9. The van der Waals surface area contributed by atoms with Gasteiger partial charge in [0.1, 0.15) is 12.4 Å². The van der Waals surface area contributed by atoms with Crippen molar-refractivity contribution in [1.82, 2.24) is 9.99 Å². The van der Waals surface area contributed by atoms with Crippen LogP contribution in [0.25, 0.3) is 5.69 Å². The molecule has 174 valence electrons. The molecule has 1 amide bonds. The van der Waals surface area contributed by atoms with Crippen molar-refractivity contribution in [3.8, 4) is 5.69 Å². The van der Waals surface area contributed by atoms with Gasteiger partial charge >= 0.3 is 0 Å². The lowest BCUT2D eigenvalue weighted by Crippen LogP contribution is -2.39. The van der Waals surface area contributed by atoms with Crippen molar-refractivity contribution < 1.29 is 17.6 Å². The lowest BCUT2D eigenvalue weighted by Gasteiger charge is -2.23. The predicted molar refractivity (Wildman–Crippen MR) is 129 cm³/mol. The molecule has 2 aromatic carbocycles.